The molecule has 0 saturated carbocycles. The number of carbonyl (C=O) groups excluding carboxylic acids is 1. The molecule has 0 aromatic carbocycles. The molecule has 1 aromatic heterocycles. The lowest BCUT2D eigenvalue weighted by Crippen LogP contribution is -2.54. The minimum absolute atomic E-state index is 0.0674. The zero-order chi connectivity index (χ0) is 12.5. The number of amides is 1. The third-order valence-corrected chi connectivity index (χ3v) is 3.67. The average Bonchev–Trinajstić information content (AvgIpc) is 2.94. The summed E-state index contributed by atoms with van der Waals surface area (Å²) in [5, 5.41) is 6.44. The molecule has 3 rings (SSSR count). The molecular formula is C13H19N3O2. The van der Waals surface area contributed by atoms with Crippen molar-refractivity contribution in [1.29, 1.82) is 0 Å². The van der Waals surface area contributed by atoms with Crippen LogP contribution in [0.2, 0.25) is 0 Å². The summed E-state index contributed by atoms with van der Waals surface area (Å²) < 4.78 is 7.71. The predicted molar refractivity (Wildman–Crippen MR) is 67.5 cm³/mol. The van der Waals surface area contributed by atoms with Gasteiger partial charge in [0.25, 0.3) is 0 Å². The SMILES string of the molecule is CCCC1NC(c2ccc3n2CCO3)CNC1=O. The van der Waals surface area contributed by atoms with Crippen LogP contribution >= 0.6 is 0 Å². The van der Waals surface area contributed by atoms with E-state index in [2.05, 4.69) is 28.2 Å². The van der Waals surface area contributed by atoms with Gasteiger partial charge in [-0.05, 0) is 12.5 Å². The van der Waals surface area contributed by atoms with Gasteiger partial charge >= 0.3 is 0 Å². The molecule has 2 aliphatic rings. The molecule has 2 atom stereocenters. The smallest absolute Gasteiger partial charge is 0.237 e. The number of nitrogens with one attached hydrogen (secondary N) is 2. The molecule has 1 saturated heterocycles. The van der Waals surface area contributed by atoms with Gasteiger partial charge in [-0.1, -0.05) is 13.3 Å². The van der Waals surface area contributed by atoms with Gasteiger partial charge in [0.15, 0.2) is 5.88 Å². The number of hydrogen-bond donors (Lipinski definition) is 2. The number of rotatable bonds is 3. The van der Waals surface area contributed by atoms with Gasteiger partial charge in [-0.2, -0.15) is 0 Å². The van der Waals surface area contributed by atoms with Crippen molar-refractivity contribution in [2.45, 2.75) is 38.4 Å². The normalized spacial score (nSPS) is 26.6. The van der Waals surface area contributed by atoms with Crippen LogP contribution in [0.1, 0.15) is 31.5 Å². The third kappa shape index (κ3) is 1.88. The first kappa shape index (κ1) is 11.6. The Labute approximate surface area is 106 Å². The second kappa shape index (κ2) is 4.65. The van der Waals surface area contributed by atoms with Crippen LogP contribution in [0.4, 0.5) is 0 Å². The van der Waals surface area contributed by atoms with E-state index in [0.29, 0.717) is 6.54 Å². The summed E-state index contributed by atoms with van der Waals surface area (Å²) in [5.74, 6) is 1.06. The maximum absolute atomic E-state index is 11.7. The maximum atomic E-state index is 11.7. The fourth-order valence-electron chi connectivity index (χ4n) is 2.77. The van der Waals surface area contributed by atoms with Crippen LogP contribution in [0.15, 0.2) is 12.1 Å². The lowest BCUT2D eigenvalue weighted by atomic mass is 10.0. The van der Waals surface area contributed by atoms with E-state index in [1.165, 1.54) is 5.69 Å². The largest absolute Gasteiger partial charge is 0.477 e. The first-order chi connectivity index (χ1) is 8.79. The van der Waals surface area contributed by atoms with Gasteiger partial charge in [-0.3, -0.25) is 10.1 Å². The number of fused-ring (bicyclic) bond motifs is 1. The molecule has 1 fully saturated rings. The molecule has 5 nitrogen and oxygen atoms in total. The van der Waals surface area contributed by atoms with E-state index in [1.54, 1.807) is 0 Å². The number of carbonyl (C=O) groups is 1. The summed E-state index contributed by atoms with van der Waals surface area (Å²) in [4.78, 5) is 11.7. The van der Waals surface area contributed by atoms with Crippen molar-refractivity contribution in [2.24, 2.45) is 0 Å². The van der Waals surface area contributed by atoms with Gasteiger partial charge in [0.1, 0.15) is 6.61 Å². The van der Waals surface area contributed by atoms with Crippen molar-refractivity contribution in [1.82, 2.24) is 15.2 Å². The van der Waals surface area contributed by atoms with Gasteiger partial charge in [-0.15, -0.1) is 0 Å². The molecule has 1 amide bonds. The Morgan fingerprint density at radius 2 is 2.39 bits per heavy atom. The molecule has 0 bridgehead atoms. The van der Waals surface area contributed by atoms with Crippen molar-refractivity contribution in [3.8, 4) is 5.88 Å². The summed E-state index contributed by atoms with van der Waals surface area (Å²) in [5.41, 5.74) is 1.21. The molecule has 2 N–H and O–H groups in total. The highest BCUT2D eigenvalue weighted by atomic mass is 16.5. The molecule has 2 unspecified atom stereocenters. The number of piperazine rings is 1. The highest BCUT2D eigenvalue weighted by Gasteiger charge is 2.30. The molecule has 5 heteroatoms. The fourth-order valence-corrected chi connectivity index (χ4v) is 2.77. The molecule has 98 valence electrons. The Morgan fingerprint density at radius 1 is 1.50 bits per heavy atom. The van der Waals surface area contributed by atoms with E-state index < -0.39 is 0 Å². The molecule has 18 heavy (non-hydrogen) atoms. The molecule has 0 radical (unpaired) electrons. The maximum Gasteiger partial charge on any atom is 0.237 e. The third-order valence-electron chi connectivity index (χ3n) is 3.67. The van der Waals surface area contributed by atoms with E-state index in [9.17, 15) is 4.79 Å². The van der Waals surface area contributed by atoms with Crippen LogP contribution in [-0.2, 0) is 11.3 Å². The Balaban J connectivity index is 1.78. The fraction of sp³-hybridized carbons (Fsp3) is 0.615. The molecule has 2 aliphatic heterocycles. The Morgan fingerprint density at radius 3 is 3.22 bits per heavy atom. The highest BCUT2D eigenvalue weighted by Crippen LogP contribution is 2.27. The van der Waals surface area contributed by atoms with Crippen molar-refractivity contribution in [3.63, 3.8) is 0 Å². The Hall–Kier alpha value is -1.49. The second-order valence-corrected chi connectivity index (χ2v) is 4.90. The summed E-state index contributed by atoms with van der Waals surface area (Å²) in [7, 11) is 0. The van der Waals surface area contributed by atoms with E-state index in [4.69, 9.17) is 4.74 Å². The highest BCUT2D eigenvalue weighted by molar-refractivity contribution is 5.82. The Kier molecular flexibility index (Phi) is 2.99. The first-order valence-electron chi connectivity index (χ1n) is 6.65. The van der Waals surface area contributed by atoms with Crippen molar-refractivity contribution < 1.29 is 9.53 Å². The van der Waals surface area contributed by atoms with E-state index in [-0.39, 0.29) is 18.0 Å². The number of hydrogen-bond acceptors (Lipinski definition) is 3. The summed E-state index contributed by atoms with van der Waals surface area (Å²) >= 11 is 0. The summed E-state index contributed by atoms with van der Waals surface area (Å²) in [6.45, 7) is 4.41. The van der Waals surface area contributed by atoms with Gasteiger partial charge in [0.05, 0.1) is 18.6 Å². The number of ether oxygens (including phenoxy) is 1. The quantitative estimate of drug-likeness (QED) is 0.833. The van der Waals surface area contributed by atoms with Crippen LogP contribution in [-0.4, -0.2) is 29.7 Å². The zero-order valence-corrected chi connectivity index (χ0v) is 10.6. The van der Waals surface area contributed by atoms with E-state index >= 15 is 0 Å². The lowest BCUT2D eigenvalue weighted by molar-refractivity contribution is -0.125. The first-order valence-corrected chi connectivity index (χ1v) is 6.65. The van der Waals surface area contributed by atoms with Crippen molar-refractivity contribution in [3.05, 3.63) is 17.8 Å². The van der Waals surface area contributed by atoms with Crippen molar-refractivity contribution >= 4 is 5.91 Å². The number of aromatic nitrogens is 1. The second-order valence-electron chi connectivity index (χ2n) is 4.90. The van der Waals surface area contributed by atoms with E-state index in [0.717, 1.165) is 31.9 Å². The predicted octanol–water partition coefficient (Wildman–Crippen LogP) is 0.810. The van der Waals surface area contributed by atoms with Crippen LogP contribution < -0.4 is 15.4 Å². The number of nitrogens with zero attached hydrogens (tertiary/aromatic N) is 1. The minimum Gasteiger partial charge on any atom is -0.477 e. The molecule has 0 aliphatic carbocycles. The summed E-state index contributed by atoms with van der Waals surface area (Å²) in [6.07, 6.45) is 1.89. The molecule has 3 heterocycles. The van der Waals surface area contributed by atoms with Crippen LogP contribution in [0, 0.1) is 0 Å². The van der Waals surface area contributed by atoms with Crippen LogP contribution in [0.5, 0.6) is 5.88 Å². The summed E-state index contributed by atoms with van der Waals surface area (Å²) in [6, 6.07) is 4.22. The van der Waals surface area contributed by atoms with Gasteiger partial charge < -0.3 is 14.6 Å². The van der Waals surface area contributed by atoms with Gasteiger partial charge in [0, 0.05) is 18.3 Å². The average molecular weight is 249 g/mol. The van der Waals surface area contributed by atoms with Gasteiger partial charge in [-0.25, -0.2) is 0 Å². The molecular weight excluding hydrogens is 230 g/mol. The zero-order valence-electron chi connectivity index (χ0n) is 10.6. The topological polar surface area (TPSA) is 55.3 Å². The van der Waals surface area contributed by atoms with E-state index in [1.807, 2.05) is 6.07 Å². The standard InChI is InChI=1S/C13H19N3O2/c1-2-3-9-13(17)14-8-10(15-9)11-4-5-12-16(11)6-7-18-12/h4-5,9-10,15H,2-3,6-8H2,1H3,(H,14,17). The van der Waals surface area contributed by atoms with Crippen molar-refractivity contribution in [2.75, 3.05) is 13.2 Å². The minimum atomic E-state index is -0.0674. The van der Waals surface area contributed by atoms with Gasteiger partial charge in [0.2, 0.25) is 5.91 Å². The van der Waals surface area contributed by atoms with Crippen LogP contribution in [0.25, 0.3) is 0 Å². The lowest BCUT2D eigenvalue weighted by Gasteiger charge is -2.31. The monoisotopic (exact) mass is 249 g/mol. The van der Waals surface area contributed by atoms with Crippen LogP contribution in [0.3, 0.4) is 0 Å². The molecule has 1 aromatic rings. The Bertz CT molecular complexity index is 455. The molecule has 0 spiro atoms.